The van der Waals surface area contributed by atoms with Crippen molar-refractivity contribution in [2.45, 2.75) is 13.0 Å². The number of hydrogen-bond donors (Lipinski definition) is 2. The van der Waals surface area contributed by atoms with E-state index in [0.717, 1.165) is 11.6 Å². The third-order valence-corrected chi connectivity index (χ3v) is 2.49. The highest BCUT2D eigenvalue weighted by Crippen LogP contribution is 2.13. The van der Waals surface area contributed by atoms with Gasteiger partial charge in [0.15, 0.2) is 6.61 Å². The number of nitrogens with one attached hydrogen (secondary N) is 1. The third kappa shape index (κ3) is 7.12. The molecule has 0 aromatic heterocycles. The van der Waals surface area contributed by atoms with Crippen molar-refractivity contribution in [3.63, 3.8) is 0 Å². The number of carboxylic acid groups (broad SMARTS) is 1. The van der Waals surface area contributed by atoms with Crippen molar-refractivity contribution in [2.75, 3.05) is 20.3 Å². The normalized spacial score (nSPS) is 12.1. The van der Waals surface area contributed by atoms with E-state index in [4.69, 9.17) is 14.6 Å². The molecule has 1 unspecified atom stereocenters. The van der Waals surface area contributed by atoms with Crippen LogP contribution in [0.2, 0.25) is 0 Å². The van der Waals surface area contributed by atoms with Crippen LogP contribution >= 0.6 is 0 Å². The van der Waals surface area contributed by atoms with Crippen LogP contribution in [0.25, 0.3) is 6.08 Å². The van der Waals surface area contributed by atoms with E-state index >= 15 is 0 Å². The molecule has 0 saturated carbocycles. The van der Waals surface area contributed by atoms with Gasteiger partial charge in [-0.25, -0.2) is 4.79 Å². The number of ether oxygens (including phenoxy) is 2. The van der Waals surface area contributed by atoms with Crippen molar-refractivity contribution in [3.8, 4) is 5.75 Å². The second-order valence-electron chi connectivity index (χ2n) is 4.45. The van der Waals surface area contributed by atoms with Gasteiger partial charge in [-0.2, -0.15) is 0 Å². The first kappa shape index (κ1) is 16.7. The average Bonchev–Trinajstić information content (AvgIpc) is 2.44. The number of aliphatic carboxylic acids is 1. The lowest BCUT2D eigenvalue weighted by Crippen LogP contribution is -2.38. The Labute approximate surface area is 123 Å². The Hall–Kier alpha value is -2.34. The van der Waals surface area contributed by atoms with E-state index in [1.165, 1.54) is 6.08 Å². The molecule has 1 atom stereocenters. The third-order valence-electron chi connectivity index (χ3n) is 2.49. The molecule has 114 valence electrons. The molecule has 0 spiro atoms. The molecule has 1 aromatic rings. The fraction of sp³-hybridized carbons (Fsp3) is 0.333. The Morgan fingerprint density at radius 1 is 1.33 bits per heavy atom. The summed E-state index contributed by atoms with van der Waals surface area (Å²) in [6.07, 6.45) is 2.53. The largest absolute Gasteiger partial charge is 0.484 e. The van der Waals surface area contributed by atoms with Gasteiger partial charge in [0, 0.05) is 19.2 Å². The van der Waals surface area contributed by atoms with Gasteiger partial charge in [-0.15, -0.1) is 0 Å². The van der Waals surface area contributed by atoms with E-state index in [9.17, 15) is 9.59 Å². The fourth-order valence-electron chi connectivity index (χ4n) is 1.60. The van der Waals surface area contributed by atoms with Crippen LogP contribution in [-0.4, -0.2) is 43.3 Å². The Balaban J connectivity index is 2.42. The molecule has 1 amide bonds. The number of hydrogen-bond acceptors (Lipinski definition) is 4. The highest BCUT2D eigenvalue weighted by atomic mass is 16.5. The molecule has 0 radical (unpaired) electrons. The molecule has 6 nitrogen and oxygen atoms in total. The second kappa shape index (κ2) is 8.76. The van der Waals surface area contributed by atoms with Crippen LogP contribution in [0.3, 0.4) is 0 Å². The monoisotopic (exact) mass is 293 g/mol. The van der Waals surface area contributed by atoms with Gasteiger partial charge in [-0.3, -0.25) is 4.79 Å². The second-order valence-corrected chi connectivity index (χ2v) is 4.45. The van der Waals surface area contributed by atoms with Crippen molar-refractivity contribution in [3.05, 3.63) is 35.9 Å². The topological polar surface area (TPSA) is 84.9 Å². The van der Waals surface area contributed by atoms with E-state index in [1.807, 2.05) is 6.92 Å². The summed E-state index contributed by atoms with van der Waals surface area (Å²) in [5.74, 6) is -0.691. The molecule has 21 heavy (non-hydrogen) atoms. The molecule has 0 bridgehead atoms. The lowest BCUT2D eigenvalue weighted by atomic mass is 10.2. The van der Waals surface area contributed by atoms with Crippen LogP contribution in [0, 0.1) is 0 Å². The molecule has 0 aliphatic rings. The van der Waals surface area contributed by atoms with E-state index in [1.54, 1.807) is 31.4 Å². The first-order chi connectivity index (χ1) is 10.0. The smallest absolute Gasteiger partial charge is 0.328 e. The average molecular weight is 293 g/mol. The first-order valence-corrected chi connectivity index (χ1v) is 6.43. The highest BCUT2D eigenvalue weighted by molar-refractivity contribution is 5.85. The minimum Gasteiger partial charge on any atom is -0.484 e. The Bertz CT molecular complexity index is 495. The Morgan fingerprint density at radius 2 is 2.00 bits per heavy atom. The van der Waals surface area contributed by atoms with Crippen molar-refractivity contribution in [1.82, 2.24) is 5.32 Å². The molecule has 0 aliphatic heterocycles. The van der Waals surface area contributed by atoms with Crippen molar-refractivity contribution >= 4 is 18.0 Å². The van der Waals surface area contributed by atoms with Crippen LogP contribution in [0.15, 0.2) is 30.3 Å². The number of carboxylic acids is 1. The molecule has 0 saturated heterocycles. The summed E-state index contributed by atoms with van der Waals surface area (Å²) in [5, 5.41) is 11.2. The van der Waals surface area contributed by atoms with E-state index in [-0.39, 0.29) is 18.6 Å². The van der Waals surface area contributed by atoms with Gasteiger partial charge in [0.05, 0.1) is 6.61 Å². The molecule has 0 fully saturated rings. The van der Waals surface area contributed by atoms with Crippen LogP contribution in [-0.2, 0) is 14.3 Å². The van der Waals surface area contributed by atoms with E-state index < -0.39 is 5.97 Å². The fourth-order valence-corrected chi connectivity index (χ4v) is 1.60. The SMILES string of the molecule is COCC(C)NC(=O)COc1ccc(C=CC(=O)O)cc1. The van der Waals surface area contributed by atoms with Crippen LogP contribution < -0.4 is 10.1 Å². The lowest BCUT2D eigenvalue weighted by molar-refractivity contribution is -0.131. The number of benzene rings is 1. The standard InChI is InChI=1S/C15H19NO5/c1-11(9-20-2)16-14(17)10-21-13-6-3-12(4-7-13)5-8-15(18)19/h3-8,11H,9-10H2,1-2H3,(H,16,17)(H,18,19). The lowest BCUT2D eigenvalue weighted by Gasteiger charge is -2.13. The maximum Gasteiger partial charge on any atom is 0.328 e. The number of amides is 1. The van der Waals surface area contributed by atoms with Crippen molar-refractivity contribution in [1.29, 1.82) is 0 Å². The van der Waals surface area contributed by atoms with Crippen molar-refractivity contribution < 1.29 is 24.2 Å². The van der Waals surface area contributed by atoms with Gasteiger partial charge >= 0.3 is 5.97 Å². The molecule has 1 rings (SSSR count). The number of rotatable bonds is 8. The first-order valence-electron chi connectivity index (χ1n) is 6.43. The molecule has 6 heteroatoms. The zero-order valence-electron chi connectivity index (χ0n) is 12.0. The summed E-state index contributed by atoms with van der Waals surface area (Å²) in [6, 6.07) is 6.69. The summed E-state index contributed by atoms with van der Waals surface area (Å²) < 4.78 is 10.3. The minimum atomic E-state index is -1.00. The van der Waals surface area contributed by atoms with Gasteiger partial charge in [0.2, 0.25) is 0 Å². The molecule has 2 N–H and O–H groups in total. The number of methoxy groups -OCH3 is 1. The van der Waals surface area contributed by atoms with Crippen LogP contribution in [0.5, 0.6) is 5.75 Å². The van der Waals surface area contributed by atoms with Crippen molar-refractivity contribution in [2.24, 2.45) is 0 Å². The van der Waals surface area contributed by atoms with E-state index in [2.05, 4.69) is 5.32 Å². The van der Waals surface area contributed by atoms with Gasteiger partial charge in [0.25, 0.3) is 5.91 Å². The summed E-state index contributed by atoms with van der Waals surface area (Å²) in [5.41, 5.74) is 0.739. The van der Waals surface area contributed by atoms with Crippen LogP contribution in [0.4, 0.5) is 0 Å². The van der Waals surface area contributed by atoms with Gasteiger partial charge in [-0.1, -0.05) is 12.1 Å². The maximum absolute atomic E-state index is 11.6. The van der Waals surface area contributed by atoms with E-state index in [0.29, 0.717) is 12.4 Å². The molecule has 0 heterocycles. The summed E-state index contributed by atoms with van der Waals surface area (Å²) in [7, 11) is 1.57. The summed E-state index contributed by atoms with van der Waals surface area (Å²) in [6.45, 7) is 2.19. The zero-order chi connectivity index (χ0) is 15.7. The Morgan fingerprint density at radius 3 is 2.57 bits per heavy atom. The summed E-state index contributed by atoms with van der Waals surface area (Å²) >= 11 is 0. The van der Waals surface area contributed by atoms with Gasteiger partial charge in [-0.05, 0) is 30.7 Å². The molecule has 1 aromatic carbocycles. The zero-order valence-corrected chi connectivity index (χ0v) is 12.0. The number of carbonyl (C=O) groups excluding carboxylic acids is 1. The summed E-state index contributed by atoms with van der Waals surface area (Å²) in [4.78, 5) is 22.0. The predicted octanol–water partition coefficient (Wildman–Crippen LogP) is 1.31. The predicted molar refractivity (Wildman–Crippen MR) is 78.1 cm³/mol. The maximum atomic E-state index is 11.6. The molecular formula is C15H19NO5. The highest BCUT2D eigenvalue weighted by Gasteiger charge is 2.07. The quantitative estimate of drug-likeness (QED) is 0.706. The molecular weight excluding hydrogens is 274 g/mol. The minimum absolute atomic E-state index is 0.0744. The number of carbonyl (C=O) groups is 2. The van der Waals surface area contributed by atoms with Gasteiger partial charge in [0.1, 0.15) is 5.75 Å². The van der Waals surface area contributed by atoms with Crippen LogP contribution in [0.1, 0.15) is 12.5 Å². The van der Waals surface area contributed by atoms with Gasteiger partial charge < -0.3 is 19.9 Å². The Kier molecular flexibility index (Phi) is 6.97. The molecule has 0 aliphatic carbocycles.